The van der Waals surface area contributed by atoms with Crippen LogP contribution in [0.1, 0.15) is 43.4 Å². The number of primary amides is 1. The number of Topliss-reactive ketones (excluding diaryl/α,β-unsaturated/α-hetero) is 1. The van der Waals surface area contributed by atoms with Crippen molar-refractivity contribution in [3.8, 4) is 0 Å². The molecule has 3 aromatic rings. The largest absolute Gasteiger partial charge is 0.369 e. The highest BCUT2D eigenvalue weighted by atomic mass is 32.2. The zero-order valence-corrected chi connectivity index (χ0v) is 19.6. The minimum Gasteiger partial charge on any atom is -0.369 e. The Hall–Kier alpha value is -2.85. The summed E-state index contributed by atoms with van der Waals surface area (Å²) in [5, 5.41) is 0. The number of amides is 1. The molecule has 0 aliphatic rings. The summed E-state index contributed by atoms with van der Waals surface area (Å²) in [6.45, 7) is 4.08. The van der Waals surface area contributed by atoms with Gasteiger partial charge in [0.1, 0.15) is 5.78 Å². The van der Waals surface area contributed by atoms with Crippen molar-refractivity contribution in [3.05, 3.63) is 108 Å². The fourth-order valence-corrected chi connectivity index (χ4v) is 5.56. The van der Waals surface area contributed by atoms with Crippen LogP contribution in [-0.4, -0.2) is 17.4 Å². The van der Waals surface area contributed by atoms with Gasteiger partial charge < -0.3 is 5.73 Å². The zero-order chi connectivity index (χ0) is 23.0. The van der Waals surface area contributed by atoms with Gasteiger partial charge in [0.05, 0.1) is 10.5 Å². The van der Waals surface area contributed by atoms with E-state index in [1.807, 2.05) is 68.4 Å². The molecule has 2 N–H and O–H groups in total. The molecule has 3 nitrogen and oxygen atoms in total. The van der Waals surface area contributed by atoms with Crippen LogP contribution in [0.2, 0.25) is 0 Å². The van der Waals surface area contributed by atoms with Crippen LogP contribution in [0.3, 0.4) is 0 Å². The van der Waals surface area contributed by atoms with E-state index < -0.39 is 16.6 Å². The van der Waals surface area contributed by atoms with E-state index in [1.54, 1.807) is 11.8 Å². The Kier molecular flexibility index (Phi) is 8.29. The molecule has 3 aromatic carbocycles. The third kappa shape index (κ3) is 5.68. The maximum atomic E-state index is 13.1. The molecule has 0 spiro atoms. The molecule has 0 fully saturated rings. The minimum absolute atomic E-state index is 0.0478. The average Bonchev–Trinajstić information content (AvgIpc) is 2.81. The highest BCUT2D eigenvalue weighted by Crippen LogP contribution is 2.48. The summed E-state index contributed by atoms with van der Waals surface area (Å²) in [5.41, 5.74) is 8.93. The summed E-state index contributed by atoms with van der Waals surface area (Å²) in [6.07, 6.45) is 0.821. The summed E-state index contributed by atoms with van der Waals surface area (Å²) in [7, 11) is 0. The monoisotopic (exact) mass is 445 g/mol. The molecule has 0 aliphatic heterocycles. The fraction of sp³-hybridized carbons (Fsp3) is 0.286. The van der Waals surface area contributed by atoms with E-state index in [-0.39, 0.29) is 12.2 Å². The molecule has 0 aromatic heterocycles. The topological polar surface area (TPSA) is 60.2 Å². The number of hydrogen-bond acceptors (Lipinski definition) is 3. The van der Waals surface area contributed by atoms with Crippen molar-refractivity contribution >= 4 is 23.5 Å². The average molecular weight is 446 g/mol. The highest BCUT2D eigenvalue weighted by molar-refractivity contribution is 8.01. The molecule has 0 aliphatic carbocycles. The van der Waals surface area contributed by atoms with E-state index in [9.17, 15) is 9.59 Å². The Labute approximate surface area is 195 Å². The van der Waals surface area contributed by atoms with Crippen LogP contribution in [-0.2, 0) is 14.3 Å². The second-order valence-electron chi connectivity index (χ2n) is 8.54. The third-order valence-electron chi connectivity index (χ3n) is 5.62. The van der Waals surface area contributed by atoms with E-state index in [0.29, 0.717) is 18.1 Å². The van der Waals surface area contributed by atoms with Crippen molar-refractivity contribution in [1.82, 2.24) is 0 Å². The van der Waals surface area contributed by atoms with Gasteiger partial charge in [0.2, 0.25) is 5.91 Å². The van der Waals surface area contributed by atoms with Gasteiger partial charge in [-0.3, -0.25) is 9.59 Å². The van der Waals surface area contributed by atoms with E-state index in [0.717, 1.165) is 16.7 Å². The van der Waals surface area contributed by atoms with Crippen LogP contribution in [0, 0.1) is 11.8 Å². The van der Waals surface area contributed by atoms with E-state index in [4.69, 9.17) is 5.73 Å². The first-order valence-corrected chi connectivity index (χ1v) is 12.0. The maximum absolute atomic E-state index is 13.1. The summed E-state index contributed by atoms with van der Waals surface area (Å²) >= 11 is 1.61. The molecule has 0 unspecified atom stereocenters. The molecular formula is C28H31NO2S. The Morgan fingerprint density at radius 1 is 0.781 bits per heavy atom. The Morgan fingerprint density at radius 3 is 1.53 bits per heavy atom. The van der Waals surface area contributed by atoms with Crippen LogP contribution >= 0.6 is 11.8 Å². The van der Waals surface area contributed by atoms with E-state index >= 15 is 0 Å². The predicted octanol–water partition coefficient (Wildman–Crippen LogP) is 5.82. The van der Waals surface area contributed by atoms with Gasteiger partial charge in [-0.05, 0) is 29.0 Å². The molecule has 4 heteroatoms. The lowest BCUT2D eigenvalue weighted by Gasteiger charge is -2.35. The third-order valence-corrected chi connectivity index (χ3v) is 7.23. The number of benzene rings is 3. The normalized spacial score (nSPS) is 12.5. The molecule has 1 atom stereocenters. The van der Waals surface area contributed by atoms with E-state index in [1.165, 1.54) is 0 Å². The Balaban J connectivity index is 1.98. The van der Waals surface area contributed by atoms with Crippen molar-refractivity contribution < 1.29 is 9.59 Å². The highest BCUT2D eigenvalue weighted by Gasteiger charge is 2.37. The first-order chi connectivity index (χ1) is 15.4. The van der Waals surface area contributed by atoms with Crippen LogP contribution < -0.4 is 5.73 Å². The molecule has 0 saturated heterocycles. The Morgan fingerprint density at radius 2 is 1.19 bits per heavy atom. The quantitative estimate of drug-likeness (QED) is 0.378. The molecule has 166 valence electrons. The number of hydrogen-bond donors (Lipinski definition) is 1. The van der Waals surface area contributed by atoms with Gasteiger partial charge >= 0.3 is 0 Å². The number of thioether (sulfide) groups is 1. The zero-order valence-electron chi connectivity index (χ0n) is 18.7. The van der Waals surface area contributed by atoms with Gasteiger partial charge in [-0.25, -0.2) is 0 Å². The summed E-state index contributed by atoms with van der Waals surface area (Å²) < 4.78 is -0.542. The van der Waals surface area contributed by atoms with Gasteiger partial charge in [0, 0.05) is 12.3 Å². The second kappa shape index (κ2) is 11.1. The van der Waals surface area contributed by atoms with Gasteiger partial charge in [-0.2, -0.15) is 0 Å². The number of rotatable bonds is 11. The van der Waals surface area contributed by atoms with Crippen LogP contribution in [0.4, 0.5) is 0 Å². The lowest BCUT2D eigenvalue weighted by atomic mass is 9.84. The molecule has 0 bridgehead atoms. The van der Waals surface area contributed by atoms with Crippen molar-refractivity contribution in [2.45, 2.75) is 31.4 Å². The second-order valence-corrected chi connectivity index (χ2v) is 9.73. The van der Waals surface area contributed by atoms with Crippen LogP contribution in [0.25, 0.3) is 0 Å². The molecule has 3 rings (SSSR count). The van der Waals surface area contributed by atoms with Crippen molar-refractivity contribution in [2.24, 2.45) is 17.6 Å². The van der Waals surface area contributed by atoms with Crippen LogP contribution in [0.15, 0.2) is 91.0 Å². The molecular weight excluding hydrogens is 414 g/mol. The summed E-state index contributed by atoms with van der Waals surface area (Å²) in [6, 6.07) is 30.9. The standard InChI is InChI=1S/C28H31NO2S/c1-21(2)18-22(27(29)31)19-26(30)20-32-28(23-12-6-3-7-13-23,24-14-8-4-9-15-24)25-16-10-5-11-17-25/h3-17,21-22H,18-20H2,1-2H3,(H2,29,31)/t22-/m1/s1. The maximum Gasteiger partial charge on any atom is 0.220 e. The molecule has 1 amide bonds. The molecule has 0 heterocycles. The van der Waals surface area contributed by atoms with Crippen molar-refractivity contribution in [2.75, 3.05) is 5.75 Å². The summed E-state index contributed by atoms with van der Waals surface area (Å²) in [5.74, 6) is -0.155. The molecule has 0 radical (unpaired) electrons. The van der Waals surface area contributed by atoms with Gasteiger partial charge in [-0.1, -0.05) is 105 Å². The first kappa shape index (κ1) is 23.8. The number of ketones is 1. The SMILES string of the molecule is CC(C)C[C@H](CC(=O)CSC(c1ccccc1)(c1ccccc1)c1ccccc1)C(N)=O. The molecule has 0 saturated carbocycles. The van der Waals surface area contributed by atoms with Gasteiger partial charge in [0.15, 0.2) is 0 Å². The van der Waals surface area contributed by atoms with Gasteiger partial charge in [-0.15, -0.1) is 11.8 Å². The molecule has 32 heavy (non-hydrogen) atoms. The number of carbonyl (C=O) groups excluding carboxylic acids is 2. The Bertz CT molecular complexity index is 907. The van der Waals surface area contributed by atoms with E-state index in [2.05, 4.69) is 36.4 Å². The minimum atomic E-state index is -0.542. The van der Waals surface area contributed by atoms with Crippen molar-refractivity contribution in [3.63, 3.8) is 0 Å². The fourth-order valence-electron chi connectivity index (χ4n) is 4.16. The summed E-state index contributed by atoms with van der Waals surface area (Å²) in [4.78, 5) is 25.0. The van der Waals surface area contributed by atoms with Gasteiger partial charge in [0.25, 0.3) is 0 Å². The van der Waals surface area contributed by atoms with Crippen molar-refractivity contribution in [1.29, 1.82) is 0 Å². The lowest BCUT2D eigenvalue weighted by Crippen LogP contribution is -2.30. The predicted molar refractivity (Wildman–Crippen MR) is 133 cm³/mol. The number of carbonyl (C=O) groups is 2. The van der Waals surface area contributed by atoms with Crippen LogP contribution in [0.5, 0.6) is 0 Å². The first-order valence-electron chi connectivity index (χ1n) is 11.0. The number of nitrogens with two attached hydrogens (primary N) is 1. The smallest absolute Gasteiger partial charge is 0.220 e. The lowest BCUT2D eigenvalue weighted by molar-refractivity contribution is -0.126.